The van der Waals surface area contributed by atoms with E-state index >= 15 is 0 Å². The number of aromatic amines is 1. The van der Waals surface area contributed by atoms with Gasteiger partial charge in [-0.3, -0.25) is 4.90 Å². The minimum absolute atomic E-state index is 0.485. The molecule has 118 valence electrons. The van der Waals surface area contributed by atoms with Crippen molar-refractivity contribution in [1.29, 1.82) is 0 Å². The van der Waals surface area contributed by atoms with Crippen LogP contribution in [0.25, 0.3) is 11.5 Å². The van der Waals surface area contributed by atoms with Crippen LogP contribution in [0.4, 0.5) is 0 Å². The van der Waals surface area contributed by atoms with Crippen molar-refractivity contribution in [2.24, 2.45) is 0 Å². The quantitative estimate of drug-likeness (QED) is 0.802. The van der Waals surface area contributed by atoms with Gasteiger partial charge in [-0.25, -0.2) is 9.97 Å². The summed E-state index contributed by atoms with van der Waals surface area (Å²) in [5.74, 6) is 2.28. The van der Waals surface area contributed by atoms with E-state index in [-0.39, 0.29) is 0 Å². The lowest BCUT2D eigenvalue weighted by Crippen LogP contribution is -2.34. The number of nitrogens with zero attached hydrogens (tertiary/aromatic N) is 3. The largest absolute Gasteiger partial charge is 0.444 e. The topological polar surface area (TPSA) is 58.0 Å². The molecule has 0 spiro atoms. The number of imidazole rings is 1. The van der Waals surface area contributed by atoms with Gasteiger partial charge in [0.2, 0.25) is 5.89 Å². The highest BCUT2D eigenvalue weighted by Crippen LogP contribution is 2.26. The number of aromatic nitrogens is 3. The van der Waals surface area contributed by atoms with Crippen LogP contribution in [-0.2, 0) is 6.54 Å². The first-order chi connectivity index (χ1) is 11.4. The second kappa shape index (κ2) is 6.38. The average molecular weight is 308 g/mol. The molecule has 1 aliphatic rings. The first-order valence-electron chi connectivity index (χ1n) is 8.10. The molecular formula is C18H20N4O. The maximum atomic E-state index is 5.64. The first kappa shape index (κ1) is 14.2. The minimum Gasteiger partial charge on any atom is -0.444 e. The summed E-state index contributed by atoms with van der Waals surface area (Å²) in [4.78, 5) is 14.7. The summed E-state index contributed by atoms with van der Waals surface area (Å²) in [6.45, 7) is 2.94. The summed E-state index contributed by atoms with van der Waals surface area (Å²) >= 11 is 0. The molecule has 0 aliphatic carbocycles. The van der Waals surface area contributed by atoms with Gasteiger partial charge in [0.1, 0.15) is 12.1 Å². The lowest BCUT2D eigenvalue weighted by Gasteiger charge is -2.31. The molecule has 23 heavy (non-hydrogen) atoms. The molecule has 5 heteroatoms. The molecule has 3 aromatic rings. The van der Waals surface area contributed by atoms with Gasteiger partial charge in [0, 0.05) is 37.0 Å². The van der Waals surface area contributed by atoms with Crippen LogP contribution in [-0.4, -0.2) is 32.9 Å². The Labute approximate surface area is 135 Å². The smallest absolute Gasteiger partial charge is 0.226 e. The molecule has 1 aromatic carbocycles. The van der Waals surface area contributed by atoms with Crippen molar-refractivity contribution in [3.05, 3.63) is 60.5 Å². The van der Waals surface area contributed by atoms with E-state index in [1.165, 1.54) is 12.8 Å². The highest BCUT2D eigenvalue weighted by Gasteiger charge is 2.23. The van der Waals surface area contributed by atoms with E-state index in [1.54, 1.807) is 6.26 Å². The molecule has 0 bridgehead atoms. The third-order valence-corrected chi connectivity index (χ3v) is 4.37. The molecule has 0 radical (unpaired) electrons. The number of hydrogen-bond donors (Lipinski definition) is 1. The number of rotatable bonds is 4. The number of H-pyrrole nitrogens is 1. The number of benzene rings is 1. The van der Waals surface area contributed by atoms with Crippen LogP contribution in [0.1, 0.15) is 30.3 Å². The number of nitrogens with one attached hydrogen (secondary N) is 1. The fraction of sp³-hybridized carbons (Fsp3) is 0.333. The monoisotopic (exact) mass is 308 g/mol. The predicted molar refractivity (Wildman–Crippen MR) is 87.8 cm³/mol. The maximum absolute atomic E-state index is 5.64. The van der Waals surface area contributed by atoms with Crippen molar-refractivity contribution in [3.63, 3.8) is 0 Å². The number of piperidine rings is 1. The minimum atomic E-state index is 0.485. The number of oxazole rings is 1. The van der Waals surface area contributed by atoms with Crippen molar-refractivity contribution in [3.8, 4) is 11.5 Å². The summed E-state index contributed by atoms with van der Waals surface area (Å²) < 4.78 is 5.64. The molecule has 5 nitrogen and oxygen atoms in total. The Balaban J connectivity index is 1.43. The predicted octanol–water partition coefficient (Wildman–Crippen LogP) is 3.44. The zero-order valence-corrected chi connectivity index (χ0v) is 13.0. The second-order valence-electron chi connectivity index (χ2n) is 6.06. The summed E-state index contributed by atoms with van der Waals surface area (Å²) in [5.41, 5.74) is 2.01. The Morgan fingerprint density at radius 1 is 1.26 bits per heavy atom. The van der Waals surface area contributed by atoms with E-state index < -0.39 is 0 Å². The van der Waals surface area contributed by atoms with E-state index in [2.05, 4.69) is 19.9 Å². The molecular weight excluding hydrogens is 288 g/mol. The first-order valence-corrected chi connectivity index (χ1v) is 8.10. The van der Waals surface area contributed by atoms with E-state index in [1.807, 2.05) is 42.7 Å². The van der Waals surface area contributed by atoms with Gasteiger partial charge in [0.25, 0.3) is 0 Å². The van der Waals surface area contributed by atoms with Crippen molar-refractivity contribution >= 4 is 0 Å². The molecule has 1 saturated heterocycles. The van der Waals surface area contributed by atoms with Crippen molar-refractivity contribution in [2.45, 2.75) is 25.3 Å². The highest BCUT2D eigenvalue weighted by molar-refractivity contribution is 5.52. The summed E-state index contributed by atoms with van der Waals surface area (Å²) in [7, 11) is 0. The summed E-state index contributed by atoms with van der Waals surface area (Å²) in [6, 6.07) is 10.0. The van der Waals surface area contributed by atoms with Gasteiger partial charge in [-0.05, 0) is 31.5 Å². The Morgan fingerprint density at radius 2 is 2.17 bits per heavy atom. The number of likely N-dealkylation sites (tertiary alicyclic amines) is 1. The molecule has 3 heterocycles. The maximum Gasteiger partial charge on any atom is 0.226 e. The molecule has 4 rings (SSSR count). The fourth-order valence-electron chi connectivity index (χ4n) is 3.25. The number of hydrogen-bond acceptors (Lipinski definition) is 4. The molecule has 1 aliphatic heterocycles. The van der Waals surface area contributed by atoms with Gasteiger partial charge in [-0.2, -0.15) is 0 Å². The van der Waals surface area contributed by atoms with Crippen LogP contribution in [0.5, 0.6) is 0 Å². The van der Waals surface area contributed by atoms with Gasteiger partial charge in [-0.15, -0.1) is 0 Å². The van der Waals surface area contributed by atoms with Crippen molar-refractivity contribution in [1.82, 2.24) is 19.9 Å². The molecule has 0 unspecified atom stereocenters. The lowest BCUT2D eigenvalue weighted by atomic mass is 9.97. The average Bonchev–Trinajstić information content (AvgIpc) is 3.28. The Hall–Kier alpha value is -2.40. The van der Waals surface area contributed by atoms with Gasteiger partial charge < -0.3 is 9.40 Å². The molecule has 0 saturated carbocycles. The molecule has 1 fully saturated rings. The lowest BCUT2D eigenvalue weighted by molar-refractivity contribution is 0.195. The highest BCUT2D eigenvalue weighted by atomic mass is 16.3. The third kappa shape index (κ3) is 3.19. The molecule has 1 atom stereocenters. The van der Waals surface area contributed by atoms with Crippen LogP contribution in [0.3, 0.4) is 0 Å². The van der Waals surface area contributed by atoms with Crippen LogP contribution in [0.15, 0.2) is 53.4 Å². The normalized spacial score (nSPS) is 19.0. The van der Waals surface area contributed by atoms with Gasteiger partial charge >= 0.3 is 0 Å². The Bertz CT molecular complexity index is 735. The van der Waals surface area contributed by atoms with Crippen molar-refractivity contribution in [2.75, 3.05) is 13.1 Å². The zero-order valence-electron chi connectivity index (χ0n) is 13.0. The second-order valence-corrected chi connectivity index (χ2v) is 6.06. The van der Waals surface area contributed by atoms with Crippen LogP contribution in [0.2, 0.25) is 0 Å². The SMILES string of the molecule is c1ccc(-c2nc(CN3CCC[C@H](c4ncc[nH]4)C3)co2)cc1. The Morgan fingerprint density at radius 3 is 3.00 bits per heavy atom. The van der Waals surface area contributed by atoms with Crippen LogP contribution >= 0.6 is 0 Å². The molecule has 0 amide bonds. The van der Waals surface area contributed by atoms with Crippen LogP contribution < -0.4 is 0 Å². The van der Waals surface area contributed by atoms with E-state index in [4.69, 9.17) is 4.42 Å². The van der Waals surface area contributed by atoms with E-state index in [0.717, 1.165) is 36.7 Å². The molecule has 2 aromatic heterocycles. The van der Waals surface area contributed by atoms with Gasteiger partial charge in [-0.1, -0.05) is 18.2 Å². The van der Waals surface area contributed by atoms with E-state index in [0.29, 0.717) is 11.8 Å². The van der Waals surface area contributed by atoms with Crippen LogP contribution in [0, 0.1) is 0 Å². The molecule has 1 N–H and O–H groups in total. The van der Waals surface area contributed by atoms with E-state index in [9.17, 15) is 0 Å². The van der Waals surface area contributed by atoms with Gasteiger partial charge in [0.15, 0.2) is 0 Å². The van der Waals surface area contributed by atoms with Crippen molar-refractivity contribution < 1.29 is 4.42 Å². The standard InChI is InChI=1S/C18H20N4O/c1-2-5-14(6-3-1)18-21-16(13-23-18)12-22-10-4-7-15(11-22)17-19-8-9-20-17/h1-3,5-6,8-9,13,15H,4,7,10-12H2,(H,19,20)/t15-/m0/s1. The Kier molecular flexibility index (Phi) is 3.94. The fourth-order valence-corrected chi connectivity index (χ4v) is 3.25. The third-order valence-electron chi connectivity index (χ3n) is 4.37. The zero-order chi connectivity index (χ0) is 15.5. The summed E-state index contributed by atoms with van der Waals surface area (Å²) in [5, 5.41) is 0. The van der Waals surface area contributed by atoms with Gasteiger partial charge in [0.05, 0.1) is 5.69 Å². The summed E-state index contributed by atoms with van der Waals surface area (Å²) in [6.07, 6.45) is 7.89.